The lowest BCUT2D eigenvalue weighted by Crippen LogP contribution is -2.35. The number of amides is 2. The Morgan fingerprint density at radius 3 is 2.50 bits per heavy atom. The lowest BCUT2D eigenvalue weighted by atomic mass is 10.1. The second-order valence-electron chi connectivity index (χ2n) is 6.70. The van der Waals surface area contributed by atoms with Crippen LogP contribution in [0.3, 0.4) is 0 Å². The standard InChI is InChI=1S/C21H22N2O3/c1-14(2)13-26-19-10-9-16(11-15(19)3)12-18-20(24)22-23(21(18)25)17-7-5-4-6-8-17/h4-12,14H,13H2,1-3H3,(H,22,24)/b18-12-. The number of para-hydroxylation sites is 1. The van der Waals surface area contributed by atoms with E-state index in [-0.39, 0.29) is 11.5 Å². The zero-order valence-corrected chi connectivity index (χ0v) is 15.2. The first-order chi connectivity index (χ1) is 12.5. The molecular formula is C21H22N2O3. The van der Waals surface area contributed by atoms with Gasteiger partial charge in [-0.1, -0.05) is 38.1 Å². The second-order valence-corrected chi connectivity index (χ2v) is 6.70. The van der Waals surface area contributed by atoms with Crippen LogP contribution < -0.4 is 15.2 Å². The number of nitrogens with zero attached hydrogens (tertiary/aromatic N) is 1. The van der Waals surface area contributed by atoms with E-state index in [0.717, 1.165) is 16.9 Å². The van der Waals surface area contributed by atoms with Gasteiger partial charge in [-0.3, -0.25) is 15.0 Å². The van der Waals surface area contributed by atoms with E-state index in [4.69, 9.17) is 4.74 Å². The van der Waals surface area contributed by atoms with Crippen LogP contribution in [-0.2, 0) is 9.59 Å². The largest absolute Gasteiger partial charge is 0.493 e. The summed E-state index contributed by atoms with van der Waals surface area (Å²) in [6.07, 6.45) is 1.61. The number of rotatable bonds is 5. The molecule has 1 saturated heterocycles. The molecule has 0 spiro atoms. The summed E-state index contributed by atoms with van der Waals surface area (Å²) in [6.45, 7) is 6.78. The van der Waals surface area contributed by atoms with Gasteiger partial charge in [-0.15, -0.1) is 0 Å². The van der Waals surface area contributed by atoms with Crippen molar-refractivity contribution in [1.82, 2.24) is 5.43 Å². The minimum Gasteiger partial charge on any atom is -0.493 e. The van der Waals surface area contributed by atoms with Crippen molar-refractivity contribution < 1.29 is 14.3 Å². The van der Waals surface area contributed by atoms with Gasteiger partial charge in [0.2, 0.25) is 0 Å². The SMILES string of the molecule is Cc1cc(/C=C2/C(=O)NN(c3ccccc3)C2=O)ccc1OCC(C)C. The molecule has 0 aromatic heterocycles. The molecule has 26 heavy (non-hydrogen) atoms. The lowest BCUT2D eigenvalue weighted by Gasteiger charge is -2.14. The second kappa shape index (κ2) is 7.44. The van der Waals surface area contributed by atoms with Crippen LogP contribution >= 0.6 is 0 Å². The first-order valence-corrected chi connectivity index (χ1v) is 8.61. The third kappa shape index (κ3) is 3.77. The van der Waals surface area contributed by atoms with Gasteiger partial charge in [0.15, 0.2) is 0 Å². The molecule has 2 aromatic carbocycles. The minimum atomic E-state index is -0.406. The van der Waals surface area contributed by atoms with Gasteiger partial charge in [0.25, 0.3) is 11.8 Å². The highest BCUT2D eigenvalue weighted by molar-refractivity contribution is 6.31. The molecule has 134 valence electrons. The van der Waals surface area contributed by atoms with Crippen LogP contribution in [0.1, 0.15) is 25.0 Å². The van der Waals surface area contributed by atoms with E-state index in [2.05, 4.69) is 19.3 Å². The Bertz CT molecular complexity index is 857. The maximum atomic E-state index is 12.6. The number of carbonyl (C=O) groups is 2. The fourth-order valence-corrected chi connectivity index (χ4v) is 2.66. The Kier molecular flexibility index (Phi) is 5.07. The van der Waals surface area contributed by atoms with Crippen molar-refractivity contribution >= 4 is 23.6 Å². The van der Waals surface area contributed by atoms with Gasteiger partial charge in [0.05, 0.1) is 12.3 Å². The summed E-state index contributed by atoms with van der Waals surface area (Å²) < 4.78 is 5.77. The Balaban J connectivity index is 1.82. The predicted octanol–water partition coefficient (Wildman–Crippen LogP) is 3.49. The fourth-order valence-electron chi connectivity index (χ4n) is 2.66. The zero-order chi connectivity index (χ0) is 18.7. The van der Waals surface area contributed by atoms with Gasteiger partial charge >= 0.3 is 0 Å². The average molecular weight is 350 g/mol. The number of nitrogens with one attached hydrogen (secondary N) is 1. The number of hydrogen-bond acceptors (Lipinski definition) is 3. The summed E-state index contributed by atoms with van der Waals surface area (Å²) in [5.74, 6) is 0.490. The zero-order valence-electron chi connectivity index (χ0n) is 15.2. The van der Waals surface area contributed by atoms with E-state index in [1.165, 1.54) is 5.01 Å². The van der Waals surface area contributed by atoms with E-state index in [0.29, 0.717) is 18.2 Å². The molecule has 0 unspecified atom stereocenters. The topological polar surface area (TPSA) is 58.6 Å². The van der Waals surface area contributed by atoms with Crippen molar-refractivity contribution in [1.29, 1.82) is 0 Å². The minimum absolute atomic E-state index is 0.115. The van der Waals surface area contributed by atoms with Crippen LogP contribution in [0.5, 0.6) is 5.75 Å². The average Bonchev–Trinajstić information content (AvgIpc) is 2.90. The molecule has 5 nitrogen and oxygen atoms in total. The number of benzene rings is 2. The van der Waals surface area contributed by atoms with E-state index in [9.17, 15) is 9.59 Å². The Labute approximate surface area is 153 Å². The molecule has 0 radical (unpaired) electrons. The van der Waals surface area contributed by atoms with Crippen LogP contribution in [0.4, 0.5) is 5.69 Å². The number of hydrogen-bond donors (Lipinski definition) is 1. The molecule has 2 aromatic rings. The van der Waals surface area contributed by atoms with Gasteiger partial charge < -0.3 is 4.74 Å². The highest BCUT2D eigenvalue weighted by Gasteiger charge is 2.34. The molecule has 1 N–H and O–H groups in total. The van der Waals surface area contributed by atoms with Crippen molar-refractivity contribution in [2.45, 2.75) is 20.8 Å². The van der Waals surface area contributed by atoms with Crippen LogP contribution in [0.2, 0.25) is 0 Å². The molecule has 5 heteroatoms. The van der Waals surface area contributed by atoms with Gasteiger partial charge in [-0.25, -0.2) is 5.01 Å². The highest BCUT2D eigenvalue weighted by atomic mass is 16.5. The van der Waals surface area contributed by atoms with Gasteiger partial charge in [0.1, 0.15) is 11.3 Å². The Morgan fingerprint density at radius 1 is 1.12 bits per heavy atom. The number of carbonyl (C=O) groups excluding carboxylic acids is 2. The normalized spacial score (nSPS) is 15.7. The third-order valence-corrected chi connectivity index (χ3v) is 3.99. The molecule has 1 fully saturated rings. The van der Waals surface area contributed by atoms with Crippen molar-refractivity contribution in [3.8, 4) is 5.75 Å². The molecule has 2 amide bonds. The van der Waals surface area contributed by atoms with Gasteiger partial charge in [-0.05, 0) is 54.3 Å². The monoisotopic (exact) mass is 350 g/mol. The van der Waals surface area contributed by atoms with E-state index in [1.54, 1.807) is 18.2 Å². The number of anilines is 1. The maximum Gasteiger partial charge on any atom is 0.282 e. The molecule has 1 heterocycles. The van der Waals surface area contributed by atoms with Crippen molar-refractivity contribution in [2.24, 2.45) is 5.92 Å². The number of hydrazine groups is 1. The van der Waals surface area contributed by atoms with Crippen molar-refractivity contribution in [2.75, 3.05) is 11.6 Å². The molecule has 0 saturated carbocycles. The summed E-state index contributed by atoms with van der Waals surface area (Å²) in [4.78, 5) is 24.8. The summed E-state index contributed by atoms with van der Waals surface area (Å²) >= 11 is 0. The first kappa shape index (κ1) is 17.7. The molecular weight excluding hydrogens is 328 g/mol. The van der Waals surface area contributed by atoms with Crippen LogP contribution in [0, 0.1) is 12.8 Å². The van der Waals surface area contributed by atoms with E-state index >= 15 is 0 Å². The van der Waals surface area contributed by atoms with Gasteiger partial charge in [-0.2, -0.15) is 0 Å². The summed E-state index contributed by atoms with van der Waals surface area (Å²) in [5, 5.41) is 1.27. The molecule has 0 atom stereocenters. The Morgan fingerprint density at radius 2 is 1.85 bits per heavy atom. The third-order valence-electron chi connectivity index (χ3n) is 3.99. The van der Waals surface area contributed by atoms with Gasteiger partial charge in [0, 0.05) is 0 Å². The quantitative estimate of drug-likeness (QED) is 0.663. The smallest absolute Gasteiger partial charge is 0.282 e. The fraction of sp³-hybridized carbons (Fsp3) is 0.238. The molecule has 0 bridgehead atoms. The molecule has 3 rings (SSSR count). The van der Waals surface area contributed by atoms with Crippen molar-refractivity contribution in [3.05, 3.63) is 65.2 Å². The molecule has 0 aliphatic carbocycles. The summed E-state index contributed by atoms with van der Waals surface area (Å²) in [5.41, 5.74) is 5.09. The molecule has 1 aliphatic rings. The highest BCUT2D eigenvalue weighted by Crippen LogP contribution is 2.24. The predicted molar refractivity (Wildman–Crippen MR) is 102 cm³/mol. The van der Waals surface area contributed by atoms with Crippen LogP contribution in [0.25, 0.3) is 6.08 Å². The van der Waals surface area contributed by atoms with Crippen LogP contribution in [0.15, 0.2) is 54.1 Å². The summed E-state index contributed by atoms with van der Waals surface area (Å²) in [6, 6.07) is 14.7. The van der Waals surface area contributed by atoms with Crippen LogP contribution in [-0.4, -0.2) is 18.4 Å². The molecule has 1 aliphatic heterocycles. The van der Waals surface area contributed by atoms with Crippen molar-refractivity contribution in [3.63, 3.8) is 0 Å². The Hall–Kier alpha value is -3.08. The maximum absolute atomic E-state index is 12.6. The van der Waals surface area contributed by atoms with E-state index < -0.39 is 5.91 Å². The summed E-state index contributed by atoms with van der Waals surface area (Å²) in [7, 11) is 0. The first-order valence-electron chi connectivity index (χ1n) is 8.61. The lowest BCUT2D eigenvalue weighted by molar-refractivity contribution is -0.117. The van der Waals surface area contributed by atoms with E-state index in [1.807, 2.05) is 43.3 Å². The number of ether oxygens (including phenoxy) is 1. The number of aryl methyl sites for hydroxylation is 1.